The van der Waals surface area contributed by atoms with Crippen LogP contribution in [-0.2, 0) is 0 Å². The number of hydrogen-bond donors (Lipinski definition) is 2. The van der Waals surface area contributed by atoms with Crippen LogP contribution >= 0.6 is 0 Å². The molecule has 5 nitrogen and oxygen atoms in total. The summed E-state index contributed by atoms with van der Waals surface area (Å²) >= 11 is 0. The summed E-state index contributed by atoms with van der Waals surface area (Å²) in [5.74, 6) is 1.44. The van der Waals surface area contributed by atoms with Crippen molar-refractivity contribution in [3.05, 3.63) is 66.1 Å². The minimum absolute atomic E-state index is 0.155. The number of nitrogens with one attached hydrogen (secondary N) is 2. The van der Waals surface area contributed by atoms with E-state index in [0.717, 1.165) is 28.5 Å². The lowest BCUT2D eigenvalue weighted by molar-refractivity contribution is 0.102. The summed E-state index contributed by atoms with van der Waals surface area (Å²) in [4.78, 5) is 19.6. The summed E-state index contributed by atoms with van der Waals surface area (Å²) in [7, 11) is 1.60. The van der Waals surface area contributed by atoms with Crippen molar-refractivity contribution in [3.63, 3.8) is 0 Å². The number of carbonyl (C=O) groups excluding carboxylic acids is 1. The zero-order valence-electron chi connectivity index (χ0n) is 13.0. The minimum Gasteiger partial charge on any atom is -0.497 e. The van der Waals surface area contributed by atoms with Gasteiger partial charge >= 0.3 is 0 Å². The first-order valence-corrected chi connectivity index (χ1v) is 7.23. The van der Waals surface area contributed by atoms with E-state index in [2.05, 4.69) is 15.3 Å². The fourth-order valence-corrected chi connectivity index (χ4v) is 2.25. The van der Waals surface area contributed by atoms with Gasteiger partial charge in [0.15, 0.2) is 0 Å². The molecule has 3 aromatic rings. The van der Waals surface area contributed by atoms with Crippen LogP contribution in [0.15, 0.2) is 54.7 Å². The highest BCUT2D eigenvalue weighted by Crippen LogP contribution is 2.20. The van der Waals surface area contributed by atoms with Gasteiger partial charge in [0.2, 0.25) is 0 Å². The molecule has 0 radical (unpaired) electrons. The summed E-state index contributed by atoms with van der Waals surface area (Å²) in [6.07, 6.45) is 1.79. The quantitative estimate of drug-likeness (QED) is 0.773. The molecule has 1 amide bonds. The lowest BCUT2D eigenvalue weighted by Crippen LogP contribution is -2.11. The van der Waals surface area contributed by atoms with Crippen molar-refractivity contribution in [1.82, 2.24) is 9.97 Å². The second-order valence-corrected chi connectivity index (χ2v) is 5.14. The van der Waals surface area contributed by atoms with Crippen molar-refractivity contribution in [1.29, 1.82) is 0 Å². The van der Waals surface area contributed by atoms with E-state index in [1.807, 2.05) is 31.2 Å². The van der Waals surface area contributed by atoms with Crippen molar-refractivity contribution in [2.75, 3.05) is 12.4 Å². The summed E-state index contributed by atoms with van der Waals surface area (Å²) in [5, 5.41) is 2.87. The van der Waals surface area contributed by atoms with Crippen LogP contribution in [0.1, 0.15) is 16.2 Å². The highest BCUT2D eigenvalue weighted by molar-refractivity contribution is 6.04. The zero-order valence-corrected chi connectivity index (χ0v) is 13.0. The van der Waals surface area contributed by atoms with Gasteiger partial charge in [0.05, 0.1) is 19.0 Å². The van der Waals surface area contributed by atoms with E-state index in [9.17, 15) is 4.79 Å². The third-order valence-electron chi connectivity index (χ3n) is 3.51. The Balaban J connectivity index is 1.71. The van der Waals surface area contributed by atoms with Crippen LogP contribution in [0.3, 0.4) is 0 Å². The fraction of sp³-hybridized carbons (Fsp3) is 0.111. The number of H-pyrrole nitrogens is 1. The molecule has 0 fully saturated rings. The molecule has 0 aliphatic heterocycles. The molecule has 3 rings (SSSR count). The van der Waals surface area contributed by atoms with Gasteiger partial charge in [-0.2, -0.15) is 0 Å². The number of methoxy groups -OCH3 is 1. The number of amides is 1. The Hall–Kier alpha value is -3.08. The number of benzene rings is 2. The fourth-order valence-electron chi connectivity index (χ4n) is 2.25. The predicted molar refractivity (Wildman–Crippen MR) is 89.7 cm³/mol. The monoisotopic (exact) mass is 307 g/mol. The summed E-state index contributed by atoms with van der Waals surface area (Å²) in [6, 6.07) is 14.6. The molecule has 0 bridgehead atoms. The molecule has 5 heteroatoms. The number of nitrogens with zero attached hydrogens (tertiary/aromatic N) is 1. The van der Waals surface area contributed by atoms with Gasteiger partial charge < -0.3 is 15.0 Å². The van der Waals surface area contributed by atoms with E-state index in [0.29, 0.717) is 5.56 Å². The molecule has 1 aromatic heterocycles. The number of carbonyl (C=O) groups is 1. The summed E-state index contributed by atoms with van der Waals surface area (Å²) in [5.41, 5.74) is 3.30. The maximum absolute atomic E-state index is 12.2. The number of imidazole rings is 1. The van der Waals surface area contributed by atoms with Crippen molar-refractivity contribution < 1.29 is 9.53 Å². The van der Waals surface area contributed by atoms with Gasteiger partial charge in [-0.1, -0.05) is 12.1 Å². The molecule has 0 saturated heterocycles. The molecule has 0 unspecified atom stereocenters. The van der Waals surface area contributed by atoms with Crippen molar-refractivity contribution >= 4 is 11.6 Å². The number of aryl methyl sites for hydroxylation is 1. The molecule has 0 spiro atoms. The van der Waals surface area contributed by atoms with Crippen LogP contribution in [0.25, 0.3) is 11.3 Å². The Kier molecular flexibility index (Phi) is 4.10. The second kappa shape index (κ2) is 6.36. The third-order valence-corrected chi connectivity index (χ3v) is 3.51. The second-order valence-electron chi connectivity index (χ2n) is 5.14. The van der Waals surface area contributed by atoms with Gasteiger partial charge in [-0.3, -0.25) is 4.79 Å². The molecule has 23 heavy (non-hydrogen) atoms. The van der Waals surface area contributed by atoms with Gasteiger partial charge in [0, 0.05) is 11.3 Å². The smallest absolute Gasteiger partial charge is 0.255 e. The number of anilines is 1. The van der Waals surface area contributed by atoms with Crippen molar-refractivity contribution in [2.24, 2.45) is 0 Å². The molecule has 0 saturated carbocycles. The van der Waals surface area contributed by atoms with Gasteiger partial charge in [0.1, 0.15) is 11.6 Å². The Bertz CT molecular complexity index is 805. The topological polar surface area (TPSA) is 67.0 Å². The molecular formula is C18H17N3O2. The predicted octanol–water partition coefficient (Wildman–Crippen LogP) is 3.65. The van der Waals surface area contributed by atoms with Gasteiger partial charge in [-0.25, -0.2) is 4.98 Å². The van der Waals surface area contributed by atoms with Crippen LogP contribution in [-0.4, -0.2) is 23.0 Å². The van der Waals surface area contributed by atoms with Crippen molar-refractivity contribution in [3.8, 4) is 17.0 Å². The van der Waals surface area contributed by atoms with E-state index < -0.39 is 0 Å². The SMILES string of the molecule is COc1ccc(C(=O)Nc2ccc(-c3cnc(C)[nH]3)cc2)cc1. The van der Waals surface area contributed by atoms with Crippen molar-refractivity contribution in [2.45, 2.75) is 6.92 Å². The average Bonchev–Trinajstić information content (AvgIpc) is 3.02. The average molecular weight is 307 g/mol. The number of rotatable bonds is 4. The first kappa shape index (κ1) is 14.8. The lowest BCUT2D eigenvalue weighted by Gasteiger charge is -2.07. The van der Waals surface area contributed by atoms with E-state index in [-0.39, 0.29) is 5.91 Å². The largest absolute Gasteiger partial charge is 0.497 e. The van der Waals surface area contributed by atoms with Gasteiger partial charge in [0.25, 0.3) is 5.91 Å². The minimum atomic E-state index is -0.155. The maximum atomic E-state index is 12.2. The third kappa shape index (κ3) is 3.40. The molecule has 1 heterocycles. The summed E-state index contributed by atoms with van der Waals surface area (Å²) in [6.45, 7) is 1.91. The normalized spacial score (nSPS) is 10.3. The zero-order chi connectivity index (χ0) is 16.2. The van der Waals surface area contributed by atoms with Crippen LogP contribution in [0.4, 0.5) is 5.69 Å². The van der Waals surface area contributed by atoms with E-state index in [1.54, 1.807) is 37.6 Å². The number of hydrogen-bond acceptors (Lipinski definition) is 3. The molecule has 0 aliphatic rings. The van der Waals surface area contributed by atoms with E-state index in [4.69, 9.17) is 4.74 Å². The van der Waals surface area contributed by atoms with Crippen LogP contribution < -0.4 is 10.1 Å². The summed E-state index contributed by atoms with van der Waals surface area (Å²) < 4.78 is 5.08. The lowest BCUT2D eigenvalue weighted by atomic mass is 10.1. The van der Waals surface area contributed by atoms with Crippen LogP contribution in [0.2, 0.25) is 0 Å². The standard InChI is InChI=1S/C18H17N3O2/c1-12-19-11-17(20-12)13-3-7-15(8-4-13)21-18(22)14-5-9-16(23-2)10-6-14/h3-11H,1-2H3,(H,19,20)(H,21,22). The molecule has 116 valence electrons. The Morgan fingerprint density at radius 3 is 2.35 bits per heavy atom. The molecule has 0 aliphatic carbocycles. The van der Waals surface area contributed by atoms with E-state index >= 15 is 0 Å². The number of aromatic nitrogens is 2. The molecule has 0 atom stereocenters. The Morgan fingerprint density at radius 2 is 1.78 bits per heavy atom. The Labute approximate surface area is 134 Å². The number of aromatic amines is 1. The Morgan fingerprint density at radius 1 is 1.09 bits per heavy atom. The first-order valence-electron chi connectivity index (χ1n) is 7.23. The highest BCUT2D eigenvalue weighted by atomic mass is 16.5. The number of ether oxygens (including phenoxy) is 1. The van der Waals surface area contributed by atoms with Crippen LogP contribution in [0, 0.1) is 6.92 Å². The maximum Gasteiger partial charge on any atom is 0.255 e. The first-order chi connectivity index (χ1) is 11.2. The van der Waals surface area contributed by atoms with E-state index in [1.165, 1.54) is 0 Å². The van der Waals surface area contributed by atoms with Gasteiger partial charge in [-0.15, -0.1) is 0 Å². The highest BCUT2D eigenvalue weighted by Gasteiger charge is 2.07. The molecule has 2 aromatic carbocycles. The molecular weight excluding hydrogens is 290 g/mol. The van der Waals surface area contributed by atoms with Gasteiger partial charge in [-0.05, 0) is 48.9 Å². The van der Waals surface area contributed by atoms with Crippen LogP contribution in [0.5, 0.6) is 5.75 Å². The molecule has 2 N–H and O–H groups in total.